The summed E-state index contributed by atoms with van der Waals surface area (Å²) in [5.41, 5.74) is 8.12. The second-order valence-corrected chi connectivity index (χ2v) is 6.99. The molecule has 0 radical (unpaired) electrons. The van der Waals surface area contributed by atoms with Crippen LogP contribution in [0, 0.1) is 6.92 Å². The van der Waals surface area contributed by atoms with E-state index in [1.54, 1.807) is 25.3 Å². The third-order valence-corrected chi connectivity index (χ3v) is 4.76. The number of aromatic nitrogens is 2. The Morgan fingerprint density at radius 1 is 0.871 bits per heavy atom. The highest BCUT2D eigenvalue weighted by Gasteiger charge is 2.09. The van der Waals surface area contributed by atoms with Gasteiger partial charge in [-0.15, -0.1) is 0 Å². The van der Waals surface area contributed by atoms with Crippen molar-refractivity contribution < 1.29 is 9.84 Å². The minimum Gasteiger partial charge on any atom is -0.507 e. The number of phenolic OH excluding ortho intramolecular Hbond substituents is 1. The summed E-state index contributed by atoms with van der Waals surface area (Å²) in [6, 6.07) is 24.8. The van der Waals surface area contributed by atoms with Crippen molar-refractivity contribution in [3.05, 3.63) is 90.0 Å². The lowest BCUT2D eigenvalue weighted by molar-refractivity contribution is 0.415. The van der Waals surface area contributed by atoms with Crippen LogP contribution in [0.2, 0.25) is 0 Å². The van der Waals surface area contributed by atoms with Crippen molar-refractivity contribution in [1.82, 2.24) is 9.97 Å². The van der Waals surface area contributed by atoms with Gasteiger partial charge < -0.3 is 9.84 Å². The van der Waals surface area contributed by atoms with Crippen molar-refractivity contribution in [2.75, 3.05) is 12.5 Å². The number of aryl methyl sites for hydroxylation is 1. The van der Waals surface area contributed by atoms with Crippen LogP contribution >= 0.6 is 0 Å². The summed E-state index contributed by atoms with van der Waals surface area (Å²) >= 11 is 0. The number of aromatic hydroxyl groups is 1. The molecule has 0 bridgehead atoms. The molecule has 4 aromatic rings. The van der Waals surface area contributed by atoms with Crippen LogP contribution in [-0.4, -0.2) is 28.4 Å². The first-order chi connectivity index (χ1) is 15.1. The first-order valence-corrected chi connectivity index (χ1v) is 9.80. The van der Waals surface area contributed by atoms with E-state index < -0.39 is 0 Å². The lowest BCUT2D eigenvalue weighted by Gasteiger charge is -2.09. The monoisotopic (exact) mass is 410 g/mol. The first kappa shape index (κ1) is 20.1. The van der Waals surface area contributed by atoms with Gasteiger partial charge in [0.1, 0.15) is 11.5 Å². The van der Waals surface area contributed by atoms with E-state index in [0.29, 0.717) is 11.5 Å². The number of hydrogen-bond acceptors (Lipinski definition) is 6. The van der Waals surface area contributed by atoms with E-state index in [1.165, 1.54) is 11.8 Å². The number of phenols is 1. The number of anilines is 1. The van der Waals surface area contributed by atoms with Gasteiger partial charge >= 0.3 is 0 Å². The van der Waals surface area contributed by atoms with E-state index in [4.69, 9.17) is 4.74 Å². The molecule has 4 rings (SSSR count). The number of rotatable bonds is 6. The molecule has 31 heavy (non-hydrogen) atoms. The van der Waals surface area contributed by atoms with Crippen molar-refractivity contribution in [1.29, 1.82) is 0 Å². The Bertz CT molecular complexity index is 1200. The van der Waals surface area contributed by atoms with Crippen LogP contribution in [0.3, 0.4) is 0 Å². The summed E-state index contributed by atoms with van der Waals surface area (Å²) in [6.45, 7) is 2.05. The summed E-state index contributed by atoms with van der Waals surface area (Å²) < 4.78 is 5.25. The Labute approximate surface area is 180 Å². The molecule has 0 aliphatic rings. The zero-order chi connectivity index (χ0) is 21.6. The molecule has 6 nitrogen and oxygen atoms in total. The molecule has 1 heterocycles. The Morgan fingerprint density at radius 3 is 2.10 bits per heavy atom. The van der Waals surface area contributed by atoms with Crippen molar-refractivity contribution in [2.24, 2.45) is 5.10 Å². The summed E-state index contributed by atoms with van der Waals surface area (Å²) in [6.07, 6.45) is 1.53. The van der Waals surface area contributed by atoms with Gasteiger partial charge in [0.2, 0.25) is 5.95 Å². The fourth-order valence-corrected chi connectivity index (χ4v) is 3.04. The number of nitrogens with one attached hydrogen (secondary N) is 1. The maximum absolute atomic E-state index is 9.90. The molecule has 0 aliphatic heterocycles. The molecule has 0 amide bonds. The zero-order valence-electron chi connectivity index (χ0n) is 17.3. The van der Waals surface area contributed by atoms with Crippen LogP contribution in [0.1, 0.15) is 11.1 Å². The van der Waals surface area contributed by atoms with Crippen LogP contribution in [-0.2, 0) is 0 Å². The van der Waals surface area contributed by atoms with Gasteiger partial charge in [0, 0.05) is 16.7 Å². The van der Waals surface area contributed by atoms with Crippen molar-refractivity contribution in [2.45, 2.75) is 6.92 Å². The minimum atomic E-state index is 0.154. The molecule has 2 N–H and O–H groups in total. The molecule has 0 unspecified atom stereocenters. The number of methoxy groups -OCH3 is 1. The van der Waals surface area contributed by atoms with Gasteiger partial charge in [-0.3, -0.25) is 0 Å². The molecule has 0 aliphatic carbocycles. The average Bonchev–Trinajstić information content (AvgIpc) is 2.81. The van der Waals surface area contributed by atoms with Crippen molar-refractivity contribution >= 4 is 12.2 Å². The predicted octanol–water partition coefficient (Wildman–Crippen LogP) is 5.28. The predicted molar refractivity (Wildman–Crippen MR) is 124 cm³/mol. The van der Waals surface area contributed by atoms with E-state index >= 15 is 0 Å². The Kier molecular flexibility index (Phi) is 5.89. The van der Waals surface area contributed by atoms with E-state index in [9.17, 15) is 5.11 Å². The molecule has 1 aromatic heterocycles. The number of para-hydroxylation sites is 1. The van der Waals surface area contributed by atoms with Crippen LogP contribution in [0.25, 0.3) is 22.5 Å². The van der Waals surface area contributed by atoms with Gasteiger partial charge in [0.05, 0.1) is 24.7 Å². The normalized spacial score (nSPS) is 10.9. The highest BCUT2D eigenvalue weighted by molar-refractivity contribution is 5.83. The zero-order valence-corrected chi connectivity index (χ0v) is 17.3. The largest absolute Gasteiger partial charge is 0.507 e. The quantitative estimate of drug-likeness (QED) is 0.334. The second-order valence-electron chi connectivity index (χ2n) is 6.99. The molecule has 0 fully saturated rings. The summed E-state index contributed by atoms with van der Waals surface area (Å²) in [4.78, 5) is 9.24. The van der Waals surface area contributed by atoms with Crippen molar-refractivity contribution in [3.63, 3.8) is 0 Å². The van der Waals surface area contributed by atoms with Crippen molar-refractivity contribution in [3.8, 4) is 34.0 Å². The third-order valence-electron chi connectivity index (χ3n) is 4.76. The molecule has 0 atom stereocenters. The highest BCUT2D eigenvalue weighted by atomic mass is 16.5. The molecular weight excluding hydrogens is 388 g/mol. The lowest BCUT2D eigenvalue weighted by atomic mass is 10.1. The minimum absolute atomic E-state index is 0.154. The van der Waals surface area contributed by atoms with Crippen LogP contribution in [0.15, 0.2) is 84.0 Å². The van der Waals surface area contributed by atoms with Gasteiger partial charge in [-0.2, -0.15) is 5.10 Å². The van der Waals surface area contributed by atoms with Crippen LogP contribution < -0.4 is 10.2 Å². The smallest absolute Gasteiger partial charge is 0.244 e. The van der Waals surface area contributed by atoms with E-state index in [2.05, 4.69) is 20.5 Å². The number of benzene rings is 3. The van der Waals surface area contributed by atoms with Gasteiger partial charge in [-0.25, -0.2) is 15.4 Å². The first-order valence-electron chi connectivity index (χ1n) is 9.80. The molecule has 3 aromatic carbocycles. The molecule has 0 saturated carbocycles. The molecule has 0 spiro atoms. The topological polar surface area (TPSA) is 79.6 Å². The highest BCUT2D eigenvalue weighted by Crippen LogP contribution is 2.27. The number of hydrogen-bond donors (Lipinski definition) is 2. The maximum atomic E-state index is 9.90. The number of ether oxygens (including phenoxy) is 1. The summed E-state index contributed by atoms with van der Waals surface area (Å²) in [7, 11) is 1.64. The van der Waals surface area contributed by atoms with Crippen LogP contribution in [0.4, 0.5) is 5.95 Å². The Morgan fingerprint density at radius 2 is 1.48 bits per heavy atom. The van der Waals surface area contributed by atoms with Gasteiger partial charge in [-0.05, 0) is 49.4 Å². The molecular formula is C25H22N4O2. The van der Waals surface area contributed by atoms with Gasteiger partial charge in [0.25, 0.3) is 0 Å². The van der Waals surface area contributed by atoms with E-state index in [0.717, 1.165) is 28.3 Å². The molecule has 154 valence electrons. The van der Waals surface area contributed by atoms with Gasteiger partial charge in [-0.1, -0.05) is 42.0 Å². The fraction of sp³-hybridized carbons (Fsp3) is 0.0800. The second kappa shape index (κ2) is 9.09. The Balaban J connectivity index is 1.70. The Hall–Kier alpha value is -4.19. The fourth-order valence-electron chi connectivity index (χ4n) is 3.04. The molecule has 6 heteroatoms. The standard InChI is InChI=1S/C25H22N4O2/c1-17-7-9-18(10-8-17)22-15-23(19-11-13-21(31-2)14-12-19)28-25(27-22)29-26-16-20-5-3-4-6-24(20)30/h3-16,30H,1-2H3,(H,27,28,29)/b26-16+. The summed E-state index contributed by atoms with van der Waals surface area (Å²) in [5, 5.41) is 14.1. The van der Waals surface area contributed by atoms with Gasteiger partial charge in [0.15, 0.2) is 0 Å². The van der Waals surface area contributed by atoms with E-state index in [1.807, 2.05) is 67.6 Å². The summed E-state index contributed by atoms with van der Waals surface area (Å²) in [5.74, 6) is 1.29. The number of hydrazone groups is 1. The van der Waals surface area contributed by atoms with E-state index in [-0.39, 0.29) is 5.75 Å². The maximum Gasteiger partial charge on any atom is 0.244 e. The molecule has 0 saturated heterocycles. The number of nitrogens with zero attached hydrogens (tertiary/aromatic N) is 3. The lowest BCUT2D eigenvalue weighted by Crippen LogP contribution is -2.00. The average molecular weight is 410 g/mol. The third kappa shape index (κ3) is 4.87. The SMILES string of the molecule is COc1ccc(-c2cc(-c3ccc(C)cc3)nc(N/N=C/c3ccccc3O)n2)cc1. The van der Waals surface area contributed by atoms with Crippen LogP contribution in [0.5, 0.6) is 11.5 Å².